The number of aromatic nitrogens is 2. The summed E-state index contributed by atoms with van der Waals surface area (Å²) in [5.41, 5.74) is 6.70. The highest BCUT2D eigenvalue weighted by molar-refractivity contribution is 7.89. The Morgan fingerprint density at radius 3 is 2.75 bits per heavy atom. The third-order valence-corrected chi connectivity index (χ3v) is 4.08. The maximum atomic E-state index is 12.1. The lowest BCUT2D eigenvalue weighted by Gasteiger charge is -2.13. The summed E-state index contributed by atoms with van der Waals surface area (Å²) in [5, 5.41) is 6.42. The number of rotatable bonds is 5. The molecular weight excluding hydrogens is 228 g/mol. The van der Waals surface area contributed by atoms with Gasteiger partial charge in [0.2, 0.25) is 0 Å². The largest absolute Gasteiger partial charge is 0.326 e. The number of hydrogen-bond acceptors (Lipinski definition) is 4. The van der Waals surface area contributed by atoms with Crippen LogP contribution in [0.5, 0.6) is 0 Å². The molecule has 0 atom stereocenters. The molecule has 0 amide bonds. The summed E-state index contributed by atoms with van der Waals surface area (Å²) in [4.78, 5) is 0. The summed E-state index contributed by atoms with van der Waals surface area (Å²) >= 11 is 0. The van der Waals surface area contributed by atoms with E-state index in [2.05, 4.69) is 16.8 Å². The van der Waals surface area contributed by atoms with Crippen molar-refractivity contribution in [3.05, 3.63) is 23.9 Å². The highest BCUT2D eigenvalue weighted by atomic mass is 32.2. The van der Waals surface area contributed by atoms with Gasteiger partial charge in [0.25, 0.3) is 10.0 Å². The minimum Gasteiger partial charge on any atom is -0.326 e. The van der Waals surface area contributed by atoms with Crippen LogP contribution in [0.25, 0.3) is 0 Å². The van der Waals surface area contributed by atoms with E-state index in [4.69, 9.17) is 5.73 Å². The number of aromatic amines is 1. The third-order valence-electron chi connectivity index (χ3n) is 2.28. The Kier molecular flexibility index (Phi) is 3.84. The number of nitrogens with one attached hydrogen (secondary N) is 1. The van der Waals surface area contributed by atoms with Crippen LogP contribution in [0.2, 0.25) is 0 Å². The quantitative estimate of drug-likeness (QED) is 0.712. The van der Waals surface area contributed by atoms with Crippen molar-refractivity contribution in [1.29, 1.82) is 0 Å². The molecule has 0 aliphatic heterocycles. The second kappa shape index (κ2) is 4.77. The van der Waals surface area contributed by atoms with Gasteiger partial charge in [0.1, 0.15) is 0 Å². The Hall–Kier alpha value is -1.18. The molecule has 0 unspecified atom stereocenters. The molecule has 0 aliphatic rings. The van der Waals surface area contributed by atoms with Crippen LogP contribution in [0.3, 0.4) is 0 Å². The van der Waals surface area contributed by atoms with Crippen molar-refractivity contribution in [3.8, 4) is 0 Å². The fourth-order valence-electron chi connectivity index (χ4n) is 1.31. The Balaban J connectivity index is 3.21. The molecule has 0 saturated carbocycles. The summed E-state index contributed by atoms with van der Waals surface area (Å²) in [7, 11) is -2.11. The minimum absolute atomic E-state index is 0.00292. The number of H-pyrrole nitrogens is 1. The van der Waals surface area contributed by atoms with Gasteiger partial charge in [0.05, 0.1) is 0 Å². The molecule has 16 heavy (non-hydrogen) atoms. The number of nitrogens with two attached hydrogens (primary N) is 1. The first-order valence-electron chi connectivity index (χ1n) is 4.76. The second-order valence-corrected chi connectivity index (χ2v) is 5.37. The molecule has 0 aromatic carbocycles. The van der Waals surface area contributed by atoms with Gasteiger partial charge in [-0.1, -0.05) is 6.08 Å². The van der Waals surface area contributed by atoms with E-state index in [0.29, 0.717) is 11.3 Å². The average Bonchev–Trinajstić information content (AvgIpc) is 2.60. The first kappa shape index (κ1) is 12.9. The summed E-state index contributed by atoms with van der Waals surface area (Å²) < 4.78 is 25.3. The average molecular weight is 244 g/mol. The molecule has 0 radical (unpaired) electrons. The SMILES string of the molecule is C=CCN(C)S(=O)(=O)c1n[nH]c(C)c1CN. The number of likely N-dealkylation sites (N-methyl/N-ethyl adjacent to an activating group) is 1. The van der Waals surface area contributed by atoms with Gasteiger partial charge in [-0.15, -0.1) is 6.58 Å². The van der Waals surface area contributed by atoms with Crippen molar-refractivity contribution in [2.75, 3.05) is 13.6 Å². The predicted octanol–water partition coefficient (Wildman–Crippen LogP) is -0.0167. The van der Waals surface area contributed by atoms with Gasteiger partial charge in [-0.3, -0.25) is 5.10 Å². The fourth-order valence-corrected chi connectivity index (χ4v) is 2.62. The zero-order valence-electron chi connectivity index (χ0n) is 9.40. The van der Waals surface area contributed by atoms with E-state index in [-0.39, 0.29) is 18.1 Å². The normalized spacial score (nSPS) is 12.0. The fraction of sp³-hybridized carbons (Fsp3) is 0.444. The smallest absolute Gasteiger partial charge is 0.262 e. The summed E-state index contributed by atoms with van der Waals surface area (Å²) in [6.45, 7) is 5.61. The molecule has 0 bridgehead atoms. The zero-order valence-corrected chi connectivity index (χ0v) is 10.2. The maximum absolute atomic E-state index is 12.1. The second-order valence-electron chi connectivity index (χ2n) is 3.41. The van der Waals surface area contributed by atoms with Gasteiger partial charge in [0, 0.05) is 31.4 Å². The molecule has 0 aliphatic carbocycles. The van der Waals surface area contributed by atoms with E-state index in [1.165, 1.54) is 17.4 Å². The molecule has 1 heterocycles. The van der Waals surface area contributed by atoms with Crippen molar-refractivity contribution < 1.29 is 8.42 Å². The highest BCUT2D eigenvalue weighted by Gasteiger charge is 2.26. The Morgan fingerprint density at radius 1 is 1.62 bits per heavy atom. The predicted molar refractivity (Wildman–Crippen MR) is 61.2 cm³/mol. The van der Waals surface area contributed by atoms with Crippen LogP contribution in [0, 0.1) is 6.92 Å². The first-order valence-corrected chi connectivity index (χ1v) is 6.20. The summed E-state index contributed by atoms with van der Waals surface area (Å²) in [6.07, 6.45) is 1.51. The van der Waals surface area contributed by atoms with Gasteiger partial charge >= 0.3 is 0 Å². The van der Waals surface area contributed by atoms with E-state index in [1.807, 2.05) is 0 Å². The van der Waals surface area contributed by atoms with Gasteiger partial charge in [-0.2, -0.15) is 9.40 Å². The molecule has 90 valence electrons. The molecule has 7 heteroatoms. The molecule has 6 nitrogen and oxygen atoms in total. The molecule has 0 fully saturated rings. The molecule has 0 spiro atoms. The highest BCUT2D eigenvalue weighted by Crippen LogP contribution is 2.18. The van der Waals surface area contributed by atoms with Crippen LogP contribution in [0.4, 0.5) is 0 Å². The van der Waals surface area contributed by atoms with Crippen molar-refractivity contribution in [3.63, 3.8) is 0 Å². The van der Waals surface area contributed by atoms with E-state index in [9.17, 15) is 8.42 Å². The minimum atomic E-state index is -3.58. The lowest BCUT2D eigenvalue weighted by Crippen LogP contribution is -2.28. The van der Waals surface area contributed by atoms with Crippen LogP contribution in [-0.4, -0.2) is 36.5 Å². The molecule has 1 aromatic heterocycles. The molecule has 0 saturated heterocycles. The van der Waals surface area contributed by atoms with Gasteiger partial charge in [-0.25, -0.2) is 8.42 Å². The summed E-state index contributed by atoms with van der Waals surface area (Å²) in [6, 6.07) is 0. The number of hydrogen-bond donors (Lipinski definition) is 2. The monoisotopic (exact) mass is 244 g/mol. The van der Waals surface area contributed by atoms with Crippen LogP contribution < -0.4 is 5.73 Å². The van der Waals surface area contributed by atoms with Crippen molar-refractivity contribution in [1.82, 2.24) is 14.5 Å². The zero-order chi connectivity index (χ0) is 12.3. The molecule has 1 aromatic rings. The van der Waals surface area contributed by atoms with E-state index in [0.717, 1.165) is 0 Å². The van der Waals surface area contributed by atoms with Gasteiger partial charge < -0.3 is 5.73 Å². The molecule has 1 rings (SSSR count). The van der Waals surface area contributed by atoms with Crippen molar-refractivity contribution >= 4 is 10.0 Å². The Morgan fingerprint density at radius 2 is 2.25 bits per heavy atom. The van der Waals surface area contributed by atoms with Crippen molar-refractivity contribution in [2.24, 2.45) is 5.73 Å². The summed E-state index contributed by atoms with van der Waals surface area (Å²) in [5.74, 6) is 0. The van der Waals surface area contributed by atoms with Crippen LogP contribution in [0.1, 0.15) is 11.3 Å². The van der Waals surface area contributed by atoms with Gasteiger partial charge in [-0.05, 0) is 6.92 Å². The van der Waals surface area contributed by atoms with E-state index in [1.54, 1.807) is 6.92 Å². The van der Waals surface area contributed by atoms with Crippen LogP contribution in [-0.2, 0) is 16.6 Å². The van der Waals surface area contributed by atoms with Crippen LogP contribution >= 0.6 is 0 Å². The van der Waals surface area contributed by atoms with Crippen molar-refractivity contribution in [2.45, 2.75) is 18.5 Å². The molecular formula is C9H16N4O2S. The number of sulfonamides is 1. The number of aryl methyl sites for hydroxylation is 1. The van der Waals surface area contributed by atoms with E-state index < -0.39 is 10.0 Å². The Labute approximate surface area is 95.2 Å². The standard InChI is InChI=1S/C9H16N4O2S/c1-4-5-13(3)16(14,15)9-8(6-10)7(2)11-12-9/h4H,1,5-6,10H2,2-3H3,(H,11,12). The lowest BCUT2D eigenvalue weighted by atomic mass is 10.3. The number of nitrogens with zero attached hydrogens (tertiary/aromatic N) is 2. The first-order chi connectivity index (χ1) is 7.45. The lowest BCUT2D eigenvalue weighted by molar-refractivity contribution is 0.494. The maximum Gasteiger partial charge on any atom is 0.262 e. The third kappa shape index (κ3) is 2.16. The van der Waals surface area contributed by atoms with E-state index >= 15 is 0 Å². The Bertz CT molecular complexity index is 478. The van der Waals surface area contributed by atoms with Gasteiger partial charge in [0.15, 0.2) is 5.03 Å². The molecule has 3 N–H and O–H groups in total. The topological polar surface area (TPSA) is 92.1 Å². The van der Waals surface area contributed by atoms with Crippen LogP contribution in [0.15, 0.2) is 17.7 Å².